The minimum absolute atomic E-state index is 0.00366. The molecule has 0 bridgehead atoms. The van der Waals surface area contributed by atoms with Gasteiger partial charge in [-0.25, -0.2) is 0 Å². The van der Waals surface area contributed by atoms with Gasteiger partial charge in [-0.15, -0.1) is 0 Å². The van der Waals surface area contributed by atoms with Crippen molar-refractivity contribution in [3.8, 4) is 11.1 Å². The van der Waals surface area contributed by atoms with Gasteiger partial charge < -0.3 is 0 Å². The number of carbonyl (C=O) groups is 2. The van der Waals surface area contributed by atoms with Crippen LogP contribution in [-0.2, 0) is 0 Å². The van der Waals surface area contributed by atoms with Gasteiger partial charge in [-0.3, -0.25) is 9.59 Å². The second kappa shape index (κ2) is 10.5. The van der Waals surface area contributed by atoms with Gasteiger partial charge in [0.15, 0.2) is 11.6 Å². The standard InChI is InChI=1S/C16H14O2.2C2H6/c1-11(17)13-7-3-5-9-15(13)16-10-6-4-8-14(16)12(2)18;2*1-2/h3-10H,1-2H3;2*1-2H3. The maximum absolute atomic E-state index is 11.6. The van der Waals surface area contributed by atoms with Crippen LogP contribution in [-0.4, -0.2) is 11.6 Å². The molecule has 118 valence electrons. The van der Waals surface area contributed by atoms with Crippen molar-refractivity contribution in [2.75, 3.05) is 0 Å². The molecule has 2 nitrogen and oxygen atoms in total. The van der Waals surface area contributed by atoms with Crippen molar-refractivity contribution in [1.29, 1.82) is 0 Å². The number of rotatable bonds is 3. The summed E-state index contributed by atoms with van der Waals surface area (Å²) in [6.07, 6.45) is 0. The van der Waals surface area contributed by atoms with Crippen LogP contribution in [0.15, 0.2) is 48.5 Å². The molecule has 0 aromatic heterocycles. The van der Waals surface area contributed by atoms with Crippen LogP contribution in [0.1, 0.15) is 62.3 Å². The Morgan fingerprint density at radius 3 is 1.14 bits per heavy atom. The Kier molecular flexibility index (Phi) is 9.44. The lowest BCUT2D eigenvalue weighted by molar-refractivity contribution is 0.100. The molecule has 0 unspecified atom stereocenters. The predicted octanol–water partition coefficient (Wildman–Crippen LogP) is 5.81. The molecule has 0 saturated carbocycles. The first-order valence-corrected chi connectivity index (χ1v) is 7.81. The van der Waals surface area contributed by atoms with Gasteiger partial charge in [0.05, 0.1) is 0 Å². The normalized spacial score (nSPS) is 8.82. The fraction of sp³-hybridized carbons (Fsp3) is 0.300. The first-order chi connectivity index (χ1) is 10.6. The van der Waals surface area contributed by atoms with E-state index in [1.54, 1.807) is 12.1 Å². The number of Topliss-reactive ketones (excluding diaryl/α,β-unsaturated/α-hetero) is 2. The molecular formula is C20H26O2. The Morgan fingerprint density at radius 2 is 0.864 bits per heavy atom. The lowest BCUT2D eigenvalue weighted by Crippen LogP contribution is -2.00. The SMILES string of the molecule is CC.CC.CC(=O)c1ccccc1-c1ccccc1C(C)=O. The highest BCUT2D eigenvalue weighted by Gasteiger charge is 2.13. The van der Waals surface area contributed by atoms with Crippen LogP contribution >= 0.6 is 0 Å². The highest BCUT2D eigenvalue weighted by atomic mass is 16.1. The number of benzene rings is 2. The molecule has 0 aliphatic rings. The molecule has 0 amide bonds. The highest BCUT2D eigenvalue weighted by Crippen LogP contribution is 2.27. The van der Waals surface area contributed by atoms with Crippen LogP contribution in [0.2, 0.25) is 0 Å². The second-order valence-electron chi connectivity index (χ2n) is 4.20. The van der Waals surface area contributed by atoms with Crippen molar-refractivity contribution in [2.24, 2.45) is 0 Å². The van der Waals surface area contributed by atoms with Gasteiger partial charge in [0.2, 0.25) is 0 Å². The Labute approximate surface area is 134 Å². The maximum Gasteiger partial charge on any atom is 0.160 e. The van der Waals surface area contributed by atoms with Crippen LogP contribution < -0.4 is 0 Å². The molecule has 2 heteroatoms. The van der Waals surface area contributed by atoms with Crippen LogP contribution in [0.25, 0.3) is 11.1 Å². The molecule has 22 heavy (non-hydrogen) atoms. The van der Waals surface area contributed by atoms with Crippen LogP contribution in [0.5, 0.6) is 0 Å². The van der Waals surface area contributed by atoms with E-state index in [0.717, 1.165) is 11.1 Å². The molecule has 0 radical (unpaired) electrons. The van der Waals surface area contributed by atoms with Gasteiger partial charge in [0.25, 0.3) is 0 Å². The molecule has 0 aliphatic heterocycles. The smallest absolute Gasteiger partial charge is 0.160 e. The Hall–Kier alpha value is -2.22. The van der Waals surface area contributed by atoms with Gasteiger partial charge in [0.1, 0.15) is 0 Å². The number of hydrogen-bond donors (Lipinski definition) is 0. The first kappa shape index (κ1) is 19.8. The molecule has 0 aliphatic carbocycles. The Balaban J connectivity index is 0.00000102. The zero-order chi connectivity index (χ0) is 17.1. The summed E-state index contributed by atoms with van der Waals surface area (Å²) in [7, 11) is 0. The number of ketones is 2. The summed E-state index contributed by atoms with van der Waals surface area (Å²) in [6, 6.07) is 14.7. The third-order valence-electron chi connectivity index (χ3n) is 2.90. The lowest BCUT2D eigenvalue weighted by Gasteiger charge is -2.10. The summed E-state index contributed by atoms with van der Waals surface area (Å²) in [5.41, 5.74) is 2.92. The summed E-state index contributed by atoms with van der Waals surface area (Å²) in [6.45, 7) is 11.1. The molecule has 0 spiro atoms. The molecule has 2 aromatic carbocycles. The fourth-order valence-corrected chi connectivity index (χ4v) is 2.05. The van der Waals surface area contributed by atoms with E-state index in [0.29, 0.717) is 11.1 Å². The summed E-state index contributed by atoms with van der Waals surface area (Å²) in [4.78, 5) is 23.3. The minimum atomic E-state index is 0.00366. The van der Waals surface area contributed by atoms with E-state index < -0.39 is 0 Å². The Bertz CT molecular complexity index is 557. The molecule has 0 saturated heterocycles. The van der Waals surface area contributed by atoms with Gasteiger partial charge in [-0.1, -0.05) is 76.2 Å². The van der Waals surface area contributed by atoms with E-state index in [4.69, 9.17) is 0 Å². The van der Waals surface area contributed by atoms with E-state index in [1.165, 1.54) is 13.8 Å². The minimum Gasteiger partial charge on any atom is -0.294 e. The zero-order valence-corrected chi connectivity index (χ0v) is 14.4. The first-order valence-electron chi connectivity index (χ1n) is 7.81. The molecule has 0 heterocycles. The third-order valence-corrected chi connectivity index (χ3v) is 2.90. The second-order valence-corrected chi connectivity index (χ2v) is 4.20. The predicted molar refractivity (Wildman–Crippen MR) is 94.6 cm³/mol. The molecule has 2 aromatic rings. The van der Waals surface area contributed by atoms with Gasteiger partial charge in [-0.2, -0.15) is 0 Å². The zero-order valence-electron chi connectivity index (χ0n) is 14.4. The largest absolute Gasteiger partial charge is 0.294 e. The van der Waals surface area contributed by atoms with Gasteiger partial charge in [-0.05, 0) is 25.0 Å². The average Bonchev–Trinajstić information content (AvgIpc) is 2.58. The van der Waals surface area contributed by atoms with Crippen molar-refractivity contribution < 1.29 is 9.59 Å². The van der Waals surface area contributed by atoms with Crippen LogP contribution in [0.3, 0.4) is 0 Å². The quantitative estimate of drug-likeness (QED) is 0.670. The third kappa shape index (κ3) is 4.96. The van der Waals surface area contributed by atoms with E-state index in [9.17, 15) is 9.59 Å². The number of hydrogen-bond acceptors (Lipinski definition) is 2. The molecule has 0 N–H and O–H groups in total. The van der Waals surface area contributed by atoms with Crippen molar-refractivity contribution in [1.82, 2.24) is 0 Å². The molecule has 0 atom stereocenters. The summed E-state index contributed by atoms with van der Waals surface area (Å²) >= 11 is 0. The van der Waals surface area contributed by atoms with Gasteiger partial charge in [0, 0.05) is 11.1 Å². The lowest BCUT2D eigenvalue weighted by atomic mass is 9.92. The molecule has 0 fully saturated rings. The van der Waals surface area contributed by atoms with E-state index in [2.05, 4.69) is 0 Å². The van der Waals surface area contributed by atoms with E-state index in [-0.39, 0.29) is 11.6 Å². The monoisotopic (exact) mass is 298 g/mol. The van der Waals surface area contributed by atoms with Gasteiger partial charge >= 0.3 is 0 Å². The van der Waals surface area contributed by atoms with Crippen molar-refractivity contribution in [3.05, 3.63) is 59.7 Å². The highest BCUT2D eigenvalue weighted by molar-refractivity contribution is 6.06. The van der Waals surface area contributed by atoms with Crippen molar-refractivity contribution in [2.45, 2.75) is 41.5 Å². The summed E-state index contributed by atoms with van der Waals surface area (Å²) < 4.78 is 0. The van der Waals surface area contributed by atoms with Crippen LogP contribution in [0, 0.1) is 0 Å². The molecule has 2 rings (SSSR count). The maximum atomic E-state index is 11.6. The van der Waals surface area contributed by atoms with E-state index in [1.807, 2.05) is 64.1 Å². The molecular weight excluding hydrogens is 272 g/mol. The summed E-state index contributed by atoms with van der Waals surface area (Å²) in [5.74, 6) is 0.00732. The van der Waals surface area contributed by atoms with Crippen molar-refractivity contribution >= 4 is 11.6 Å². The fourth-order valence-electron chi connectivity index (χ4n) is 2.05. The van der Waals surface area contributed by atoms with E-state index >= 15 is 0 Å². The Morgan fingerprint density at radius 1 is 0.591 bits per heavy atom. The van der Waals surface area contributed by atoms with Crippen LogP contribution in [0.4, 0.5) is 0 Å². The summed E-state index contributed by atoms with van der Waals surface area (Å²) in [5, 5.41) is 0. The average molecular weight is 298 g/mol. The number of carbonyl (C=O) groups excluding carboxylic acids is 2. The van der Waals surface area contributed by atoms with Crippen molar-refractivity contribution in [3.63, 3.8) is 0 Å². The topological polar surface area (TPSA) is 34.1 Å².